The first-order valence-corrected chi connectivity index (χ1v) is 5.23. The lowest BCUT2D eigenvalue weighted by atomic mass is 9.94. The molecule has 0 saturated heterocycles. The number of carbonyl (C=O) groups excluding carboxylic acids is 1. The molecule has 0 aromatic heterocycles. The summed E-state index contributed by atoms with van der Waals surface area (Å²) in [5.41, 5.74) is 3.08. The molecule has 76 valence electrons. The molecule has 1 nitrogen and oxygen atoms in total. The average Bonchev–Trinajstić information content (AvgIpc) is 2.27. The SMILES string of the molecule is CCC(C)=C(C)C(=O)C1=CC=CCC1. The number of rotatable bonds is 3. The molecule has 1 heteroatoms. The first kappa shape index (κ1) is 11.0. The van der Waals surface area contributed by atoms with Crippen molar-refractivity contribution in [2.45, 2.75) is 40.0 Å². The largest absolute Gasteiger partial charge is 0.289 e. The lowest BCUT2D eigenvalue weighted by molar-refractivity contribution is -0.112. The van der Waals surface area contributed by atoms with Gasteiger partial charge in [0.2, 0.25) is 0 Å². The van der Waals surface area contributed by atoms with E-state index in [1.165, 1.54) is 5.57 Å². The Morgan fingerprint density at radius 3 is 2.64 bits per heavy atom. The Morgan fingerprint density at radius 1 is 1.43 bits per heavy atom. The van der Waals surface area contributed by atoms with E-state index in [1.807, 2.05) is 26.0 Å². The van der Waals surface area contributed by atoms with Crippen molar-refractivity contribution < 1.29 is 4.79 Å². The van der Waals surface area contributed by atoms with Crippen LogP contribution in [0.1, 0.15) is 40.0 Å². The van der Waals surface area contributed by atoms with Crippen LogP contribution in [0.4, 0.5) is 0 Å². The Kier molecular flexibility index (Phi) is 3.87. The standard InChI is InChI=1S/C13H18O/c1-4-10(2)11(3)13(14)12-8-6-5-7-9-12/h5-6,8H,4,7,9H2,1-3H3. The van der Waals surface area contributed by atoms with Gasteiger partial charge in [0.25, 0.3) is 0 Å². The quantitative estimate of drug-likeness (QED) is 0.622. The van der Waals surface area contributed by atoms with E-state index in [-0.39, 0.29) is 5.78 Å². The summed E-state index contributed by atoms with van der Waals surface area (Å²) < 4.78 is 0. The van der Waals surface area contributed by atoms with E-state index in [4.69, 9.17) is 0 Å². The average molecular weight is 190 g/mol. The zero-order chi connectivity index (χ0) is 10.6. The predicted octanol–water partition coefficient (Wildman–Crippen LogP) is 3.58. The second kappa shape index (κ2) is 4.94. The molecule has 1 aliphatic rings. The molecule has 0 radical (unpaired) electrons. The van der Waals surface area contributed by atoms with Crippen molar-refractivity contribution in [3.63, 3.8) is 0 Å². The van der Waals surface area contributed by atoms with Gasteiger partial charge in [0, 0.05) is 5.57 Å². The monoisotopic (exact) mass is 190 g/mol. The number of ketones is 1. The zero-order valence-electron chi connectivity index (χ0n) is 9.26. The summed E-state index contributed by atoms with van der Waals surface area (Å²) in [6.07, 6.45) is 8.87. The third-order valence-electron chi connectivity index (χ3n) is 2.82. The van der Waals surface area contributed by atoms with Crippen molar-refractivity contribution in [3.05, 3.63) is 34.9 Å². The van der Waals surface area contributed by atoms with Crippen molar-refractivity contribution >= 4 is 5.78 Å². The van der Waals surface area contributed by atoms with E-state index in [0.717, 1.165) is 30.4 Å². The minimum Gasteiger partial charge on any atom is -0.289 e. The van der Waals surface area contributed by atoms with E-state index < -0.39 is 0 Å². The normalized spacial score (nSPS) is 17.5. The molecule has 0 atom stereocenters. The number of carbonyl (C=O) groups is 1. The Hall–Kier alpha value is -1.11. The van der Waals surface area contributed by atoms with E-state index >= 15 is 0 Å². The summed E-state index contributed by atoms with van der Waals surface area (Å²) in [7, 11) is 0. The van der Waals surface area contributed by atoms with Gasteiger partial charge >= 0.3 is 0 Å². The summed E-state index contributed by atoms with van der Waals surface area (Å²) >= 11 is 0. The molecular weight excluding hydrogens is 172 g/mol. The molecule has 0 N–H and O–H groups in total. The van der Waals surface area contributed by atoms with Gasteiger partial charge in [-0.3, -0.25) is 4.79 Å². The molecule has 1 aliphatic carbocycles. The number of Topliss-reactive ketones (excluding diaryl/α,β-unsaturated/α-hetero) is 1. The molecule has 0 unspecified atom stereocenters. The fraction of sp³-hybridized carbons (Fsp3) is 0.462. The molecule has 0 fully saturated rings. The minimum absolute atomic E-state index is 0.230. The highest BCUT2D eigenvalue weighted by atomic mass is 16.1. The van der Waals surface area contributed by atoms with Crippen molar-refractivity contribution in [2.75, 3.05) is 0 Å². The van der Waals surface area contributed by atoms with Crippen LogP contribution in [0.5, 0.6) is 0 Å². The van der Waals surface area contributed by atoms with Gasteiger partial charge < -0.3 is 0 Å². The molecule has 0 heterocycles. The van der Waals surface area contributed by atoms with Gasteiger partial charge in [0.15, 0.2) is 5.78 Å². The lowest BCUT2D eigenvalue weighted by Crippen LogP contribution is -2.07. The maximum Gasteiger partial charge on any atom is 0.184 e. The van der Waals surface area contributed by atoms with Crippen LogP contribution in [0.15, 0.2) is 34.9 Å². The molecule has 14 heavy (non-hydrogen) atoms. The zero-order valence-corrected chi connectivity index (χ0v) is 9.26. The Morgan fingerprint density at radius 2 is 2.14 bits per heavy atom. The Labute approximate surface area is 86.2 Å². The van der Waals surface area contributed by atoms with Gasteiger partial charge in [-0.25, -0.2) is 0 Å². The van der Waals surface area contributed by atoms with E-state index in [1.54, 1.807) is 0 Å². The van der Waals surface area contributed by atoms with Crippen LogP contribution in [0.3, 0.4) is 0 Å². The molecule has 1 rings (SSSR count). The maximum absolute atomic E-state index is 11.9. The van der Waals surface area contributed by atoms with Crippen molar-refractivity contribution in [1.29, 1.82) is 0 Å². The predicted molar refractivity (Wildman–Crippen MR) is 60.1 cm³/mol. The van der Waals surface area contributed by atoms with Crippen molar-refractivity contribution in [2.24, 2.45) is 0 Å². The molecule has 0 aliphatic heterocycles. The molecule has 0 bridgehead atoms. The molecule has 0 amide bonds. The van der Waals surface area contributed by atoms with Crippen LogP contribution in [0, 0.1) is 0 Å². The smallest absolute Gasteiger partial charge is 0.184 e. The second-order valence-electron chi connectivity index (χ2n) is 3.75. The number of allylic oxidation sites excluding steroid dienone is 6. The number of hydrogen-bond acceptors (Lipinski definition) is 1. The highest BCUT2D eigenvalue weighted by Gasteiger charge is 2.13. The highest BCUT2D eigenvalue weighted by molar-refractivity contribution is 6.08. The third kappa shape index (κ3) is 2.44. The molecular formula is C13H18O. The first-order chi connectivity index (χ1) is 6.66. The van der Waals surface area contributed by atoms with Gasteiger partial charge in [0.1, 0.15) is 0 Å². The van der Waals surface area contributed by atoms with Crippen LogP contribution in [-0.4, -0.2) is 5.78 Å². The van der Waals surface area contributed by atoms with Crippen LogP contribution in [-0.2, 0) is 4.79 Å². The summed E-state index contributed by atoms with van der Waals surface area (Å²) in [5, 5.41) is 0. The Bertz CT molecular complexity index is 316. The molecule has 0 saturated carbocycles. The van der Waals surface area contributed by atoms with Crippen LogP contribution in [0.25, 0.3) is 0 Å². The van der Waals surface area contributed by atoms with Gasteiger partial charge in [0.05, 0.1) is 0 Å². The fourth-order valence-corrected chi connectivity index (χ4v) is 1.49. The van der Waals surface area contributed by atoms with Crippen molar-refractivity contribution in [1.82, 2.24) is 0 Å². The number of hydrogen-bond donors (Lipinski definition) is 0. The van der Waals surface area contributed by atoms with Gasteiger partial charge in [-0.1, -0.05) is 30.7 Å². The fourth-order valence-electron chi connectivity index (χ4n) is 1.49. The van der Waals surface area contributed by atoms with Crippen LogP contribution < -0.4 is 0 Å². The lowest BCUT2D eigenvalue weighted by Gasteiger charge is -2.10. The van der Waals surface area contributed by atoms with Crippen LogP contribution >= 0.6 is 0 Å². The van der Waals surface area contributed by atoms with E-state index in [9.17, 15) is 4.79 Å². The summed E-state index contributed by atoms with van der Waals surface area (Å²) in [6.45, 7) is 6.05. The topological polar surface area (TPSA) is 17.1 Å². The highest BCUT2D eigenvalue weighted by Crippen LogP contribution is 2.19. The van der Waals surface area contributed by atoms with E-state index in [0.29, 0.717) is 0 Å². The van der Waals surface area contributed by atoms with E-state index in [2.05, 4.69) is 13.0 Å². The summed E-state index contributed by atoms with van der Waals surface area (Å²) in [4.78, 5) is 11.9. The van der Waals surface area contributed by atoms with Crippen LogP contribution in [0.2, 0.25) is 0 Å². The molecule has 0 aromatic rings. The molecule has 0 aromatic carbocycles. The maximum atomic E-state index is 11.9. The first-order valence-electron chi connectivity index (χ1n) is 5.23. The Balaban J connectivity index is 2.85. The minimum atomic E-state index is 0.230. The summed E-state index contributed by atoms with van der Waals surface area (Å²) in [6, 6.07) is 0. The van der Waals surface area contributed by atoms with Gasteiger partial charge in [-0.15, -0.1) is 0 Å². The molecule has 0 spiro atoms. The summed E-state index contributed by atoms with van der Waals surface area (Å²) in [5.74, 6) is 0.230. The van der Waals surface area contributed by atoms with Gasteiger partial charge in [-0.05, 0) is 38.7 Å². The van der Waals surface area contributed by atoms with Crippen molar-refractivity contribution in [3.8, 4) is 0 Å². The van der Waals surface area contributed by atoms with Gasteiger partial charge in [-0.2, -0.15) is 0 Å². The third-order valence-corrected chi connectivity index (χ3v) is 2.82. The second-order valence-corrected chi connectivity index (χ2v) is 3.75.